The Morgan fingerprint density at radius 3 is 2.46 bits per heavy atom. The van der Waals surface area contributed by atoms with Gasteiger partial charge in [0.15, 0.2) is 17.3 Å². The average molecular weight is 356 g/mol. The summed E-state index contributed by atoms with van der Waals surface area (Å²) in [5, 5.41) is 3.64. The van der Waals surface area contributed by atoms with Crippen molar-refractivity contribution in [2.45, 2.75) is 0 Å². The molecular weight excluding hydrogens is 336 g/mol. The molecule has 2 aromatic carbocycles. The van der Waals surface area contributed by atoms with Crippen LogP contribution in [0.4, 0.5) is 0 Å². The fourth-order valence-electron chi connectivity index (χ4n) is 2.08. The number of nitrogens with zero attached hydrogens (tertiary/aromatic N) is 1. The predicted molar refractivity (Wildman–Crippen MR) is 98.4 cm³/mol. The number of amidine groups is 1. The van der Waals surface area contributed by atoms with Crippen molar-refractivity contribution < 1.29 is 23.8 Å². The molecule has 0 saturated carbocycles. The molecule has 0 atom stereocenters. The molecule has 0 aromatic heterocycles. The van der Waals surface area contributed by atoms with Gasteiger partial charge in [-0.2, -0.15) is 0 Å². The zero-order chi connectivity index (χ0) is 18.9. The minimum absolute atomic E-state index is 0.0665. The van der Waals surface area contributed by atoms with Gasteiger partial charge in [0.2, 0.25) is 0 Å². The first-order chi connectivity index (χ1) is 12.6. The van der Waals surface area contributed by atoms with Crippen LogP contribution in [0.1, 0.15) is 11.1 Å². The monoisotopic (exact) mass is 356 g/mol. The van der Waals surface area contributed by atoms with Crippen LogP contribution in [0.25, 0.3) is 6.08 Å². The van der Waals surface area contributed by atoms with E-state index in [4.69, 9.17) is 24.8 Å². The summed E-state index contributed by atoms with van der Waals surface area (Å²) in [6, 6.07) is 12.2. The van der Waals surface area contributed by atoms with Crippen LogP contribution in [0.3, 0.4) is 0 Å². The molecule has 0 aliphatic rings. The molecule has 0 fully saturated rings. The third-order valence-corrected chi connectivity index (χ3v) is 3.42. The highest BCUT2D eigenvalue weighted by atomic mass is 16.7. The Morgan fingerprint density at radius 1 is 1.00 bits per heavy atom. The molecular formula is C19H20N2O5. The number of methoxy groups -OCH3 is 3. The smallest absolute Gasteiger partial charge is 0.358 e. The zero-order valence-electron chi connectivity index (χ0n) is 14.8. The standard InChI is InChI=1S/C19H20N2O5/c1-23-15-6-4-5-14(12-15)19(20)21-26-18(22)10-8-13-7-9-16(24-2)17(11-13)25-3/h4-12H,1-3H3,(H2,20,21)/b10-8+. The van der Waals surface area contributed by atoms with Crippen molar-refractivity contribution in [3.8, 4) is 17.2 Å². The molecule has 2 rings (SSSR count). The van der Waals surface area contributed by atoms with Crippen molar-refractivity contribution in [3.05, 3.63) is 59.7 Å². The SMILES string of the molecule is COc1cccc(/C(N)=N\OC(=O)/C=C/c2ccc(OC)c(OC)c2)c1. The molecule has 7 heteroatoms. The molecule has 2 aromatic rings. The van der Waals surface area contributed by atoms with Gasteiger partial charge in [-0.3, -0.25) is 0 Å². The maximum Gasteiger partial charge on any atom is 0.358 e. The second-order valence-electron chi connectivity index (χ2n) is 5.07. The summed E-state index contributed by atoms with van der Waals surface area (Å²) in [6.45, 7) is 0. The van der Waals surface area contributed by atoms with E-state index in [9.17, 15) is 4.79 Å². The van der Waals surface area contributed by atoms with Gasteiger partial charge in [0.1, 0.15) is 5.75 Å². The number of benzene rings is 2. The van der Waals surface area contributed by atoms with Gasteiger partial charge in [0, 0.05) is 11.6 Å². The Bertz CT molecular complexity index is 830. The van der Waals surface area contributed by atoms with E-state index in [1.807, 2.05) is 0 Å². The van der Waals surface area contributed by atoms with E-state index in [1.54, 1.807) is 62.8 Å². The first-order valence-electron chi connectivity index (χ1n) is 7.66. The van der Waals surface area contributed by atoms with Crippen LogP contribution < -0.4 is 19.9 Å². The molecule has 0 heterocycles. The van der Waals surface area contributed by atoms with Gasteiger partial charge < -0.3 is 24.8 Å². The van der Waals surface area contributed by atoms with Crippen LogP contribution in [-0.2, 0) is 9.63 Å². The van der Waals surface area contributed by atoms with Gasteiger partial charge in [-0.05, 0) is 35.9 Å². The van der Waals surface area contributed by atoms with Crippen molar-refractivity contribution in [2.75, 3.05) is 21.3 Å². The Morgan fingerprint density at radius 2 is 1.77 bits per heavy atom. The summed E-state index contributed by atoms with van der Waals surface area (Å²) in [5.74, 6) is 1.19. The lowest BCUT2D eigenvalue weighted by atomic mass is 10.2. The van der Waals surface area contributed by atoms with Gasteiger partial charge in [0.25, 0.3) is 0 Å². The van der Waals surface area contributed by atoms with Crippen LogP contribution in [0.2, 0.25) is 0 Å². The van der Waals surface area contributed by atoms with Crippen LogP contribution in [0.5, 0.6) is 17.2 Å². The molecule has 0 amide bonds. The maximum absolute atomic E-state index is 11.8. The lowest BCUT2D eigenvalue weighted by Crippen LogP contribution is -2.14. The Labute approximate surface area is 151 Å². The third-order valence-electron chi connectivity index (χ3n) is 3.42. The summed E-state index contributed by atoms with van der Waals surface area (Å²) in [5.41, 5.74) is 7.13. The van der Waals surface area contributed by atoms with Gasteiger partial charge in [0.05, 0.1) is 21.3 Å². The second kappa shape index (κ2) is 9.12. The van der Waals surface area contributed by atoms with Crippen molar-refractivity contribution in [1.29, 1.82) is 0 Å². The molecule has 26 heavy (non-hydrogen) atoms. The highest BCUT2D eigenvalue weighted by molar-refractivity contribution is 5.98. The molecule has 7 nitrogen and oxygen atoms in total. The number of carbonyl (C=O) groups is 1. The highest BCUT2D eigenvalue weighted by Gasteiger charge is 2.05. The maximum atomic E-state index is 11.8. The summed E-state index contributed by atoms with van der Waals surface area (Å²) < 4.78 is 15.5. The van der Waals surface area contributed by atoms with Crippen molar-refractivity contribution >= 4 is 17.9 Å². The van der Waals surface area contributed by atoms with E-state index in [2.05, 4.69) is 5.16 Å². The quantitative estimate of drug-likeness (QED) is 0.269. The topological polar surface area (TPSA) is 92.4 Å². The number of carbonyl (C=O) groups excluding carboxylic acids is 1. The van der Waals surface area contributed by atoms with E-state index in [1.165, 1.54) is 13.2 Å². The number of hydrogen-bond donors (Lipinski definition) is 1. The molecule has 2 N–H and O–H groups in total. The summed E-state index contributed by atoms with van der Waals surface area (Å²) in [4.78, 5) is 16.6. The number of oxime groups is 1. The van der Waals surface area contributed by atoms with Crippen molar-refractivity contribution in [3.63, 3.8) is 0 Å². The van der Waals surface area contributed by atoms with E-state index < -0.39 is 5.97 Å². The summed E-state index contributed by atoms with van der Waals surface area (Å²) >= 11 is 0. The third kappa shape index (κ3) is 5.01. The molecule has 136 valence electrons. The van der Waals surface area contributed by atoms with Crippen LogP contribution in [0.15, 0.2) is 53.7 Å². The van der Waals surface area contributed by atoms with E-state index in [-0.39, 0.29) is 5.84 Å². The van der Waals surface area contributed by atoms with E-state index in [0.29, 0.717) is 22.8 Å². The van der Waals surface area contributed by atoms with Gasteiger partial charge in [-0.15, -0.1) is 0 Å². The van der Waals surface area contributed by atoms with E-state index >= 15 is 0 Å². The summed E-state index contributed by atoms with van der Waals surface area (Å²) in [7, 11) is 4.64. The molecule has 0 radical (unpaired) electrons. The zero-order valence-corrected chi connectivity index (χ0v) is 14.8. The molecule has 0 unspecified atom stereocenters. The fraction of sp³-hybridized carbons (Fsp3) is 0.158. The molecule has 0 saturated heterocycles. The van der Waals surface area contributed by atoms with Crippen molar-refractivity contribution in [1.82, 2.24) is 0 Å². The van der Waals surface area contributed by atoms with Crippen LogP contribution >= 0.6 is 0 Å². The molecule has 0 spiro atoms. The average Bonchev–Trinajstić information content (AvgIpc) is 2.70. The number of hydrogen-bond acceptors (Lipinski definition) is 6. The second-order valence-corrected chi connectivity index (χ2v) is 5.07. The largest absolute Gasteiger partial charge is 0.497 e. The van der Waals surface area contributed by atoms with Gasteiger partial charge in [-0.1, -0.05) is 23.4 Å². The first kappa shape index (κ1) is 18.9. The number of rotatable bonds is 7. The van der Waals surface area contributed by atoms with Gasteiger partial charge in [-0.25, -0.2) is 4.79 Å². The van der Waals surface area contributed by atoms with Crippen molar-refractivity contribution in [2.24, 2.45) is 10.9 Å². The minimum atomic E-state index is -0.661. The number of nitrogens with two attached hydrogens (primary N) is 1. The fourth-order valence-corrected chi connectivity index (χ4v) is 2.08. The Hall–Kier alpha value is -3.48. The van der Waals surface area contributed by atoms with Gasteiger partial charge >= 0.3 is 5.97 Å². The lowest BCUT2D eigenvalue weighted by molar-refractivity contribution is -0.137. The minimum Gasteiger partial charge on any atom is -0.497 e. The summed E-state index contributed by atoms with van der Waals surface area (Å²) in [6.07, 6.45) is 2.81. The van der Waals surface area contributed by atoms with Crippen LogP contribution in [-0.4, -0.2) is 33.1 Å². The molecule has 0 aliphatic heterocycles. The normalized spacial score (nSPS) is 11.3. The first-order valence-corrected chi connectivity index (χ1v) is 7.66. The van der Waals surface area contributed by atoms with Crippen LogP contribution in [0, 0.1) is 0 Å². The number of ether oxygens (including phenoxy) is 3. The van der Waals surface area contributed by atoms with E-state index in [0.717, 1.165) is 5.56 Å². The lowest BCUT2D eigenvalue weighted by Gasteiger charge is -2.07. The highest BCUT2D eigenvalue weighted by Crippen LogP contribution is 2.27. The Kier molecular flexibility index (Phi) is 6.61. The Balaban J connectivity index is 2.02. The molecule has 0 aliphatic carbocycles. The predicted octanol–water partition coefficient (Wildman–Crippen LogP) is 2.59. The molecule has 0 bridgehead atoms.